The molecule has 0 aliphatic rings. The first-order valence-electron chi connectivity index (χ1n) is 6.80. The highest BCUT2D eigenvalue weighted by Gasteiger charge is 2.11. The zero-order valence-corrected chi connectivity index (χ0v) is 11.9. The van der Waals surface area contributed by atoms with Crippen LogP contribution >= 0.6 is 0 Å². The van der Waals surface area contributed by atoms with Gasteiger partial charge in [0.05, 0.1) is 12.2 Å². The number of hydrogen-bond acceptors (Lipinski definition) is 4. The summed E-state index contributed by atoms with van der Waals surface area (Å²) < 4.78 is 0. The Morgan fingerprint density at radius 2 is 1.24 bits per heavy atom. The van der Waals surface area contributed by atoms with Gasteiger partial charge in [-0.05, 0) is 46.4 Å². The van der Waals surface area contributed by atoms with E-state index in [1.807, 2.05) is 0 Å². The molecule has 0 radical (unpaired) electrons. The van der Waals surface area contributed by atoms with Gasteiger partial charge in [-0.2, -0.15) is 0 Å². The first-order chi connectivity index (χ1) is 7.99. The maximum atomic E-state index is 9.40. The summed E-state index contributed by atoms with van der Waals surface area (Å²) in [4.78, 5) is 4.53. The number of aliphatic hydroxyl groups is 2. The van der Waals surface area contributed by atoms with Gasteiger partial charge in [0.2, 0.25) is 0 Å². The van der Waals surface area contributed by atoms with Gasteiger partial charge < -0.3 is 15.1 Å². The van der Waals surface area contributed by atoms with Crippen LogP contribution in [0.15, 0.2) is 0 Å². The van der Waals surface area contributed by atoms with Crippen LogP contribution in [0.3, 0.4) is 0 Å². The molecule has 4 heteroatoms. The molecule has 0 rings (SSSR count). The van der Waals surface area contributed by atoms with Crippen LogP contribution in [0.4, 0.5) is 0 Å². The summed E-state index contributed by atoms with van der Waals surface area (Å²) in [5.41, 5.74) is 0. The second-order valence-corrected chi connectivity index (χ2v) is 4.84. The van der Waals surface area contributed by atoms with Crippen molar-refractivity contribution in [3.8, 4) is 0 Å². The van der Waals surface area contributed by atoms with E-state index >= 15 is 0 Å². The minimum absolute atomic E-state index is 0.331. The van der Waals surface area contributed by atoms with Crippen LogP contribution in [0.2, 0.25) is 0 Å². The number of hydrogen-bond donors (Lipinski definition) is 2. The van der Waals surface area contributed by atoms with E-state index in [-0.39, 0.29) is 12.2 Å². The molecule has 17 heavy (non-hydrogen) atoms. The molecular formula is C13H30N2O2. The zero-order chi connectivity index (χ0) is 13.3. The lowest BCUT2D eigenvalue weighted by atomic mass is 10.2. The summed E-state index contributed by atoms with van der Waals surface area (Å²) in [5, 5.41) is 18.8. The normalized spacial score (nSPS) is 15.5. The molecule has 0 saturated carbocycles. The Hall–Kier alpha value is -0.160. The van der Waals surface area contributed by atoms with E-state index in [9.17, 15) is 10.2 Å². The quantitative estimate of drug-likeness (QED) is 0.598. The molecule has 0 amide bonds. The zero-order valence-electron chi connectivity index (χ0n) is 11.9. The molecule has 0 aromatic heterocycles. The lowest BCUT2D eigenvalue weighted by Crippen LogP contribution is -2.38. The van der Waals surface area contributed by atoms with Crippen molar-refractivity contribution >= 4 is 0 Å². The molecular weight excluding hydrogens is 216 g/mol. The third-order valence-corrected chi connectivity index (χ3v) is 2.89. The van der Waals surface area contributed by atoms with E-state index < -0.39 is 0 Å². The molecule has 0 spiro atoms. The van der Waals surface area contributed by atoms with Crippen LogP contribution < -0.4 is 0 Å². The highest BCUT2D eigenvalue weighted by molar-refractivity contribution is 4.65. The summed E-state index contributed by atoms with van der Waals surface area (Å²) in [6.45, 7) is 13.4. The summed E-state index contributed by atoms with van der Waals surface area (Å²) in [6.07, 6.45) is 0.422. The predicted octanol–water partition coefficient (Wildman–Crippen LogP) is 0.782. The van der Waals surface area contributed by atoms with Gasteiger partial charge in [0.1, 0.15) is 0 Å². The fraction of sp³-hybridized carbons (Fsp3) is 1.00. The van der Waals surface area contributed by atoms with Gasteiger partial charge in [-0.3, -0.25) is 4.90 Å². The smallest absolute Gasteiger partial charge is 0.0639 e. The highest BCUT2D eigenvalue weighted by atomic mass is 16.3. The van der Waals surface area contributed by atoms with Gasteiger partial charge in [-0.15, -0.1) is 0 Å². The van der Waals surface area contributed by atoms with E-state index in [2.05, 4.69) is 23.6 Å². The van der Waals surface area contributed by atoms with E-state index in [0.29, 0.717) is 13.1 Å². The van der Waals surface area contributed by atoms with Gasteiger partial charge >= 0.3 is 0 Å². The molecule has 0 bridgehead atoms. The molecule has 0 aromatic rings. The lowest BCUT2D eigenvalue weighted by molar-refractivity contribution is 0.0809. The Morgan fingerprint density at radius 3 is 1.59 bits per heavy atom. The fourth-order valence-corrected chi connectivity index (χ4v) is 2.06. The van der Waals surface area contributed by atoms with Gasteiger partial charge in [0, 0.05) is 13.1 Å². The molecule has 0 heterocycles. The average Bonchev–Trinajstić information content (AvgIpc) is 2.22. The molecule has 2 N–H and O–H groups in total. The van der Waals surface area contributed by atoms with Crippen LogP contribution in [0.5, 0.6) is 0 Å². The number of nitrogens with zero attached hydrogens (tertiary/aromatic N) is 2. The fourth-order valence-electron chi connectivity index (χ4n) is 2.06. The van der Waals surface area contributed by atoms with E-state index in [1.165, 1.54) is 0 Å². The van der Waals surface area contributed by atoms with Crippen molar-refractivity contribution in [3.05, 3.63) is 0 Å². The van der Waals surface area contributed by atoms with E-state index in [4.69, 9.17) is 0 Å². The summed E-state index contributed by atoms with van der Waals surface area (Å²) in [5.74, 6) is 0. The van der Waals surface area contributed by atoms with Gasteiger partial charge in [0.15, 0.2) is 0 Å². The number of aliphatic hydroxyl groups excluding tert-OH is 2. The lowest BCUT2D eigenvalue weighted by Gasteiger charge is -2.26. The SMILES string of the molecule is CCN(CC)CCCN(CC(C)O)CC(C)O. The Balaban J connectivity index is 3.89. The molecule has 0 aromatic carbocycles. The van der Waals surface area contributed by atoms with Crippen molar-refractivity contribution in [1.29, 1.82) is 0 Å². The predicted molar refractivity (Wildman–Crippen MR) is 72.2 cm³/mol. The third kappa shape index (κ3) is 9.53. The highest BCUT2D eigenvalue weighted by Crippen LogP contribution is 1.99. The second-order valence-electron chi connectivity index (χ2n) is 4.84. The number of rotatable bonds is 10. The van der Waals surface area contributed by atoms with Crippen molar-refractivity contribution in [1.82, 2.24) is 9.80 Å². The van der Waals surface area contributed by atoms with Crippen molar-refractivity contribution in [3.63, 3.8) is 0 Å². The summed E-state index contributed by atoms with van der Waals surface area (Å²) in [7, 11) is 0. The summed E-state index contributed by atoms with van der Waals surface area (Å²) in [6, 6.07) is 0. The standard InChI is InChI=1S/C13H30N2O2/c1-5-14(6-2)8-7-9-15(10-12(3)16)11-13(4)17/h12-13,16-17H,5-11H2,1-4H3. The second kappa shape index (κ2) is 9.83. The minimum Gasteiger partial charge on any atom is -0.392 e. The third-order valence-electron chi connectivity index (χ3n) is 2.89. The van der Waals surface area contributed by atoms with Crippen molar-refractivity contribution in [2.45, 2.75) is 46.3 Å². The van der Waals surface area contributed by atoms with Crippen LogP contribution in [0, 0.1) is 0 Å². The van der Waals surface area contributed by atoms with Crippen molar-refractivity contribution in [2.75, 3.05) is 39.3 Å². The Kier molecular flexibility index (Phi) is 9.74. The van der Waals surface area contributed by atoms with Crippen LogP contribution in [-0.4, -0.2) is 71.5 Å². The molecule has 4 nitrogen and oxygen atoms in total. The molecule has 0 aliphatic heterocycles. The molecule has 0 fully saturated rings. The topological polar surface area (TPSA) is 46.9 Å². The minimum atomic E-state index is -0.331. The molecule has 0 aliphatic carbocycles. The van der Waals surface area contributed by atoms with Crippen LogP contribution in [0.25, 0.3) is 0 Å². The molecule has 104 valence electrons. The van der Waals surface area contributed by atoms with Crippen molar-refractivity contribution < 1.29 is 10.2 Å². The Morgan fingerprint density at radius 1 is 0.824 bits per heavy atom. The first-order valence-corrected chi connectivity index (χ1v) is 6.80. The van der Waals surface area contributed by atoms with Gasteiger partial charge in [-0.1, -0.05) is 13.8 Å². The van der Waals surface area contributed by atoms with Crippen molar-refractivity contribution in [2.24, 2.45) is 0 Å². The maximum absolute atomic E-state index is 9.40. The van der Waals surface area contributed by atoms with Gasteiger partial charge in [-0.25, -0.2) is 0 Å². The van der Waals surface area contributed by atoms with E-state index in [1.54, 1.807) is 13.8 Å². The van der Waals surface area contributed by atoms with Crippen LogP contribution in [0.1, 0.15) is 34.1 Å². The van der Waals surface area contributed by atoms with Gasteiger partial charge in [0.25, 0.3) is 0 Å². The largest absolute Gasteiger partial charge is 0.392 e. The molecule has 2 unspecified atom stereocenters. The maximum Gasteiger partial charge on any atom is 0.0639 e. The Bertz CT molecular complexity index is 161. The molecule has 0 saturated heterocycles. The van der Waals surface area contributed by atoms with E-state index in [0.717, 1.165) is 32.6 Å². The Labute approximate surface area is 106 Å². The monoisotopic (exact) mass is 246 g/mol. The average molecular weight is 246 g/mol. The molecule has 2 atom stereocenters. The van der Waals surface area contributed by atoms with Crippen LogP contribution in [-0.2, 0) is 0 Å². The first kappa shape index (κ1) is 16.8. The summed E-state index contributed by atoms with van der Waals surface area (Å²) >= 11 is 0.